The van der Waals surface area contributed by atoms with Crippen LogP contribution in [0.5, 0.6) is 0 Å². The Labute approximate surface area is 152 Å². The molecule has 1 unspecified atom stereocenters. The smallest absolute Gasteiger partial charge is 0.254 e. The highest BCUT2D eigenvalue weighted by Gasteiger charge is 2.27. The summed E-state index contributed by atoms with van der Waals surface area (Å²) < 4.78 is 1.71. The van der Waals surface area contributed by atoms with E-state index in [2.05, 4.69) is 34.4 Å². The molecular weight excluding hydrogens is 328 g/mol. The van der Waals surface area contributed by atoms with Crippen molar-refractivity contribution in [1.29, 1.82) is 0 Å². The molecule has 0 aliphatic carbocycles. The number of rotatable bonds is 4. The molecule has 1 N–H and O–H groups in total. The summed E-state index contributed by atoms with van der Waals surface area (Å²) >= 11 is 0. The second kappa shape index (κ2) is 6.55. The maximum absolute atomic E-state index is 13.0. The minimum Gasteiger partial charge on any atom is -0.334 e. The zero-order chi connectivity index (χ0) is 18.3. The minimum absolute atomic E-state index is 0.0403. The molecule has 1 atom stereocenters. The van der Waals surface area contributed by atoms with Crippen LogP contribution in [0.15, 0.2) is 18.2 Å². The van der Waals surface area contributed by atoms with Crippen molar-refractivity contribution >= 4 is 16.9 Å². The lowest BCUT2D eigenvalue weighted by molar-refractivity contribution is 0.0734. The van der Waals surface area contributed by atoms with Crippen LogP contribution in [0.4, 0.5) is 0 Å². The van der Waals surface area contributed by atoms with Crippen molar-refractivity contribution in [3.63, 3.8) is 0 Å². The van der Waals surface area contributed by atoms with Gasteiger partial charge in [-0.05, 0) is 24.6 Å². The summed E-state index contributed by atoms with van der Waals surface area (Å²) in [5, 5.41) is 15.9. The first-order valence-corrected chi connectivity index (χ1v) is 9.23. The Balaban J connectivity index is 1.59. The van der Waals surface area contributed by atoms with Crippen LogP contribution >= 0.6 is 0 Å². The normalized spacial score (nSPS) is 15.3. The predicted molar refractivity (Wildman–Crippen MR) is 98.9 cm³/mol. The first-order chi connectivity index (χ1) is 12.6. The van der Waals surface area contributed by atoms with E-state index < -0.39 is 0 Å². The second-order valence-electron chi connectivity index (χ2n) is 7.15. The third-order valence-electron chi connectivity index (χ3n) is 5.30. The summed E-state index contributed by atoms with van der Waals surface area (Å²) in [4.78, 5) is 14.9. The molecule has 2 aromatic heterocycles. The zero-order valence-electron chi connectivity index (χ0n) is 15.5. The highest BCUT2D eigenvalue weighted by Crippen LogP contribution is 2.29. The van der Waals surface area contributed by atoms with Crippen LogP contribution in [-0.4, -0.2) is 42.5 Å². The molecular formula is C19H24N6O. The molecule has 0 radical (unpaired) electrons. The molecule has 3 aromatic rings. The number of nitrogens with zero attached hydrogens (tertiary/aromatic N) is 5. The number of H-pyrrole nitrogens is 1. The Bertz CT molecular complexity index is 956. The second-order valence-corrected chi connectivity index (χ2v) is 7.15. The van der Waals surface area contributed by atoms with Crippen LogP contribution in [0.25, 0.3) is 11.0 Å². The Morgan fingerprint density at radius 3 is 3.04 bits per heavy atom. The van der Waals surface area contributed by atoms with E-state index in [1.54, 1.807) is 4.68 Å². The van der Waals surface area contributed by atoms with Gasteiger partial charge in [-0.25, -0.2) is 4.68 Å². The summed E-state index contributed by atoms with van der Waals surface area (Å²) in [7, 11) is 1.85. The predicted octanol–water partition coefficient (Wildman–Crippen LogP) is 2.79. The Hall–Kier alpha value is -2.70. The number of carbonyl (C=O) groups is 1. The van der Waals surface area contributed by atoms with Gasteiger partial charge in [0.25, 0.3) is 5.91 Å². The molecule has 0 bridgehead atoms. The fraction of sp³-hybridized carbons (Fsp3) is 0.474. The van der Waals surface area contributed by atoms with Gasteiger partial charge in [-0.2, -0.15) is 5.10 Å². The summed E-state index contributed by atoms with van der Waals surface area (Å²) in [6, 6.07) is 5.60. The van der Waals surface area contributed by atoms with E-state index in [1.165, 1.54) is 11.3 Å². The first kappa shape index (κ1) is 16.8. The quantitative estimate of drug-likeness (QED) is 0.783. The third-order valence-corrected chi connectivity index (χ3v) is 5.30. The van der Waals surface area contributed by atoms with E-state index in [9.17, 15) is 4.79 Å². The number of carbonyl (C=O) groups excluding carboxylic acids is 1. The number of fused-ring (bicyclic) bond motifs is 2. The molecule has 1 aliphatic rings. The Kier molecular flexibility index (Phi) is 4.22. The molecule has 1 aliphatic heterocycles. The third kappa shape index (κ3) is 2.77. The lowest BCUT2D eigenvalue weighted by atomic mass is 9.95. The highest BCUT2D eigenvalue weighted by atomic mass is 16.2. The van der Waals surface area contributed by atoms with Gasteiger partial charge in [0.1, 0.15) is 5.52 Å². The number of aromatic nitrogens is 5. The Morgan fingerprint density at radius 1 is 1.38 bits per heavy atom. The fourth-order valence-electron chi connectivity index (χ4n) is 3.82. The van der Waals surface area contributed by atoms with Gasteiger partial charge in [0, 0.05) is 49.3 Å². The largest absolute Gasteiger partial charge is 0.334 e. The topological polar surface area (TPSA) is 79.7 Å². The maximum atomic E-state index is 13.0. The average Bonchev–Trinajstić information content (AvgIpc) is 3.24. The average molecular weight is 352 g/mol. The van der Waals surface area contributed by atoms with Crippen LogP contribution in [-0.2, 0) is 20.0 Å². The SMILES string of the molecule is CCCC(C)c1n[nH]c2c1CN(C(=O)c1ccc3c(c1)nnn3C)CC2. The van der Waals surface area contributed by atoms with Crippen molar-refractivity contribution in [2.45, 2.75) is 45.6 Å². The fourth-order valence-corrected chi connectivity index (χ4v) is 3.82. The van der Waals surface area contributed by atoms with Gasteiger partial charge >= 0.3 is 0 Å². The molecule has 7 heteroatoms. The number of aromatic amines is 1. The number of aryl methyl sites for hydroxylation is 1. The number of benzene rings is 1. The number of hydrogen-bond donors (Lipinski definition) is 1. The summed E-state index contributed by atoms with van der Waals surface area (Å²) in [5.41, 5.74) is 5.82. The van der Waals surface area contributed by atoms with Crippen molar-refractivity contribution in [1.82, 2.24) is 30.1 Å². The number of nitrogens with one attached hydrogen (secondary N) is 1. The van der Waals surface area contributed by atoms with Crippen LogP contribution < -0.4 is 0 Å². The van der Waals surface area contributed by atoms with Crippen molar-refractivity contribution < 1.29 is 4.79 Å². The molecule has 136 valence electrons. The van der Waals surface area contributed by atoms with Gasteiger partial charge in [-0.3, -0.25) is 9.89 Å². The number of amides is 1. The van der Waals surface area contributed by atoms with E-state index in [4.69, 9.17) is 0 Å². The van der Waals surface area contributed by atoms with Gasteiger partial charge in [0.2, 0.25) is 0 Å². The molecule has 1 aromatic carbocycles. The van der Waals surface area contributed by atoms with E-state index in [0.717, 1.165) is 36.0 Å². The van der Waals surface area contributed by atoms with Gasteiger partial charge < -0.3 is 4.90 Å². The van der Waals surface area contributed by atoms with E-state index >= 15 is 0 Å². The Morgan fingerprint density at radius 2 is 2.23 bits per heavy atom. The molecule has 1 amide bonds. The minimum atomic E-state index is 0.0403. The molecule has 0 saturated heterocycles. The van der Waals surface area contributed by atoms with Crippen LogP contribution in [0.1, 0.15) is 59.9 Å². The molecule has 0 saturated carbocycles. The van der Waals surface area contributed by atoms with Crippen LogP contribution in [0, 0.1) is 0 Å². The molecule has 0 spiro atoms. The van der Waals surface area contributed by atoms with Gasteiger partial charge in [-0.15, -0.1) is 5.10 Å². The summed E-state index contributed by atoms with van der Waals surface area (Å²) in [6.07, 6.45) is 3.05. The summed E-state index contributed by atoms with van der Waals surface area (Å²) in [5.74, 6) is 0.449. The van der Waals surface area contributed by atoms with Crippen LogP contribution in [0.3, 0.4) is 0 Å². The van der Waals surface area contributed by atoms with Gasteiger partial charge in [-0.1, -0.05) is 25.5 Å². The lowest BCUT2D eigenvalue weighted by Gasteiger charge is -2.28. The van der Waals surface area contributed by atoms with Crippen molar-refractivity contribution in [3.8, 4) is 0 Å². The van der Waals surface area contributed by atoms with Gasteiger partial charge in [0.05, 0.1) is 11.2 Å². The molecule has 26 heavy (non-hydrogen) atoms. The van der Waals surface area contributed by atoms with Crippen molar-refractivity contribution in [2.75, 3.05) is 6.54 Å². The van der Waals surface area contributed by atoms with Gasteiger partial charge in [0.15, 0.2) is 0 Å². The molecule has 0 fully saturated rings. The summed E-state index contributed by atoms with van der Waals surface area (Å²) in [6.45, 7) is 5.72. The zero-order valence-corrected chi connectivity index (χ0v) is 15.5. The number of hydrogen-bond acceptors (Lipinski definition) is 4. The monoisotopic (exact) mass is 352 g/mol. The lowest BCUT2D eigenvalue weighted by Crippen LogP contribution is -2.36. The van der Waals surface area contributed by atoms with E-state index in [1.807, 2.05) is 30.1 Å². The standard InChI is InChI=1S/C19H24N6O/c1-4-5-12(2)18-14-11-25(9-8-15(14)20-22-18)19(26)13-6-7-17-16(10-13)21-23-24(17)3/h6-7,10,12H,4-5,8-9,11H2,1-3H3,(H,20,22). The van der Waals surface area contributed by atoms with E-state index in [-0.39, 0.29) is 5.91 Å². The van der Waals surface area contributed by atoms with E-state index in [0.29, 0.717) is 24.6 Å². The van der Waals surface area contributed by atoms with Crippen LogP contribution in [0.2, 0.25) is 0 Å². The van der Waals surface area contributed by atoms with Crippen molar-refractivity contribution in [3.05, 3.63) is 40.7 Å². The maximum Gasteiger partial charge on any atom is 0.254 e. The highest BCUT2D eigenvalue weighted by molar-refractivity contribution is 5.97. The molecule has 4 rings (SSSR count). The first-order valence-electron chi connectivity index (χ1n) is 9.23. The molecule has 3 heterocycles. The van der Waals surface area contributed by atoms with Crippen molar-refractivity contribution in [2.24, 2.45) is 7.05 Å². The molecule has 7 nitrogen and oxygen atoms in total.